The van der Waals surface area contributed by atoms with Gasteiger partial charge in [-0.2, -0.15) is 0 Å². The van der Waals surface area contributed by atoms with Gasteiger partial charge in [0.25, 0.3) is 15.9 Å². The van der Waals surface area contributed by atoms with Gasteiger partial charge in [0.1, 0.15) is 24.2 Å². The van der Waals surface area contributed by atoms with Gasteiger partial charge in [-0.1, -0.05) is 0 Å². The fourth-order valence-electron chi connectivity index (χ4n) is 2.28. The molecule has 2 heterocycles. The summed E-state index contributed by atoms with van der Waals surface area (Å²) in [5.41, 5.74) is 1.49. The minimum Gasteiger partial charge on any atom is -0.497 e. The number of anilines is 1. The van der Waals surface area contributed by atoms with Crippen molar-refractivity contribution in [2.45, 2.75) is 5.09 Å². The molecule has 0 spiro atoms. The Kier molecular flexibility index (Phi) is 5.43. The van der Waals surface area contributed by atoms with E-state index in [4.69, 9.17) is 9.15 Å². The van der Waals surface area contributed by atoms with E-state index in [1.54, 1.807) is 25.3 Å². The first-order valence-corrected chi connectivity index (χ1v) is 9.54. The number of carbonyl (C=O) groups excluding carboxylic acids is 1. The van der Waals surface area contributed by atoms with E-state index in [1.807, 2.05) is 12.1 Å². The number of amides is 1. The van der Waals surface area contributed by atoms with Crippen molar-refractivity contribution < 1.29 is 22.4 Å². The largest absolute Gasteiger partial charge is 0.497 e. The van der Waals surface area contributed by atoms with Crippen LogP contribution in [0.25, 0.3) is 11.3 Å². The van der Waals surface area contributed by atoms with Crippen molar-refractivity contribution >= 4 is 21.7 Å². The average molecular weight is 402 g/mol. The molecule has 2 aromatic heterocycles. The molecule has 0 atom stereocenters. The Labute approximate surface area is 162 Å². The zero-order chi connectivity index (χ0) is 20.3. The molecule has 3 rings (SSSR count). The fraction of sp³-hybridized carbons (Fsp3) is 0.167. The molecule has 28 heavy (non-hydrogen) atoms. The number of ether oxygens (including phenoxy) is 1. The second-order valence-electron chi connectivity index (χ2n) is 5.91. The SMILES string of the molecule is COc1ccc(-c2cc(NC(=O)c3coc(S(=O)(=O)N(C)C)c3)ncn2)cc1. The van der Waals surface area contributed by atoms with Gasteiger partial charge in [0.2, 0.25) is 5.09 Å². The number of carbonyl (C=O) groups is 1. The molecule has 10 heteroatoms. The molecule has 0 radical (unpaired) electrons. The zero-order valence-electron chi connectivity index (χ0n) is 15.4. The highest BCUT2D eigenvalue weighted by Gasteiger charge is 2.23. The lowest BCUT2D eigenvalue weighted by Crippen LogP contribution is -2.21. The number of hydrogen-bond acceptors (Lipinski definition) is 7. The molecule has 0 saturated carbocycles. The molecule has 1 N–H and O–H groups in total. The van der Waals surface area contributed by atoms with Crippen LogP contribution in [0.1, 0.15) is 10.4 Å². The molecule has 146 valence electrons. The Morgan fingerprint density at radius 2 is 1.86 bits per heavy atom. The van der Waals surface area contributed by atoms with Gasteiger partial charge in [0, 0.05) is 31.8 Å². The second kappa shape index (κ2) is 7.79. The summed E-state index contributed by atoms with van der Waals surface area (Å²) in [6.45, 7) is 0. The summed E-state index contributed by atoms with van der Waals surface area (Å²) in [5, 5.41) is 2.29. The van der Waals surface area contributed by atoms with Crippen LogP contribution in [0, 0.1) is 0 Å². The maximum atomic E-state index is 12.4. The first kappa shape index (κ1) is 19.5. The molecular weight excluding hydrogens is 384 g/mol. The lowest BCUT2D eigenvalue weighted by Gasteiger charge is -2.07. The average Bonchev–Trinajstić information content (AvgIpc) is 3.19. The fourth-order valence-corrected chi connectivity index (χ4v) is 3.09. The number of rotatable bonds is 6. The smallest absolute Gasteiger partial charge is 0.275 e. The third kappa shape index (κ3) is 4.02. The van der Waals surface area contributed by atoms with Crippen LogP contribution in [0.5, 0.6) is 5.75 Å². The van der Waals surface area contributed by atoms with Gasteiger partial charge < -0.3 is 14.5 Å². The summed E-state index contributed by atoms with van der Waals surface area (Å²) in [5.74, 6) is 0.433. The maximum absolute atomic E-state index is 12.4. The summed E-state index contributed by atoms with van der Waals surface area (Å²) in [6.07, 6.45) is 2.41. The van der Waals surface area contributed by atoms with Gasteiger partial charge in [-0.05, 0) is 24.3 Å². The molecular formula is C18H18N4O5S. The Morgan fingerprint density at radius 1 is 1.14 bits per heavy atom. The molecule has 1 amide bonds. The van der Waals surface area contributed by atoms with Crippen LogP contribution >= 0.6 is 0 Å². The monoisotopic (exact) mass is 402 g/mol. The topological polar surface area (TPSA) is 115 Å². The Balaban J connectivity index is 1.79. The lowest BCUT2D eigenvalue weighted by molar-refractivity contribution is 0.102. The van der Waals surface area contributed by atoms with E-state index in [0.717, 1.165) is 27.9 Å². The van der Waals surface area contributed by atoms with Crippen LogP contribution in [0.3, 0.4) is 0 Å². The van der Waals surface area contributed by atoms with Gasteiger partial charge in [0.05, 0.1) is 18.4 Å². The van der Waals surface area contributed by atoms with Crippen LogP contribution < -0.4 is 10.1 Å². The Hall–Kier alpha value is -3.24. The number of nitrogens with zero attached hydrogens (tertiary/aromatic N) is 3. The molecule has 0 aliphatic heterocycles. The number of benzene rings is 1. The summed E-state index contributed by atoms with van der Waals surface area (Å²) < 4.78 is 35.2. The first-order valence-electron chi connectivity index (χ1n) is 8.10. The van der Waals surface area contributed by atoms with Crippen LogP contribution in [0.4, 0.5) is 5.82 Å². The van der Waals surface area contributed by atoms with Gasteiger partial charge in [-0.25, -0.2) is 22.7 Å². The van der Waals surface area contributed by atoms with Crippen molar-refractivity contribution in [3.8, 4) is 17.0 Å². The van der Waals surface area contributed by atoms with Gasteiger partial charge >= 0.3 is 0 Å². The summed E-state index contributed by atoms with van der Waals surface area (Å²) in [4.78, 5) is 20.6. The van der Waals surface area contributed by atoms with Crippen molar-refractivity contribution in [3.63, 3.8) is 0 Å². The van der Waals surface area contributed by atoms with Gasteiger partial charge in [-0.3, -0.25) is 4.79 Å². The minimum atomic E-state index is -3.76. The number of sulfonamides is 1. The van der Waals surface area contributed by atoms with Crippen molar-refractivity contribution in [1.29, 1.82) is 0 Å². The minimum absolute atomic E-state index is 0.0602. The van der Waals surface area contributed by atoms with E-state index < -0.39 is 15.9 Å². The van der Waals surface area contributed by atoms with Crippen LogP contribution in [-0.4, -0.2) is 49.8 Å². The summed E-state index contributed by atoms with van der Waals surface area (Å²) in [6, 6.07) is 10.0. The molecule has 9 nitrogen and oxygen atoms in total. The number of methoxy groups -OCH3 is 1. The van der Waals surface area contributed by atoms with Crippen molar-refractivity contribution in [3.05, 3.63) is 54.6 Å². The molecule has 3 aromatic rings. The highest BCUT2D eigenvalue weighted by molar-refractivity contribution is 7.88. The third-order valence-corrected chi connectivity index (χ3v) is 5.55. The number of furan rings is 1. The number of aromatic nitrogens is 2. The van der Waals surface area contributed by atoms with E-state index in [2.05, 4.69) is 15.3 Å². The van der Waals surface area contributed by atoms with Crippen LogP contribution in [0.2, 0.25) is 0 Å². The van der Waals surface area contributed by atoms with E-state index in [9.17, 15) is 13.2 Å². The van der Waals surface area contributed by atoms with Gasteiger partial charge in [0.15, 0.2) is 0 Å². The van der Waals surface area contributed by atoms with Crippen LogP contribution in [-0.2, 0) is 10.0 Å². The molecule has 0 saturated heterocycles. The van der Waals surface area contributed by atoms with E-state index in [1.165, 1.54) is 20.4 Å². The van der Waals surface area contributed by atoms with Crippen molar-refractivity contribution in [2.75, 3.05) is 26.5 Å². The predicted octanol–water partition coefficient (Wildman–Crippen LogP) is 2.25. The van der Waals surface area contributed by atoms with Gasteiger partial charge in [-0.15, -0.1) is 0 Å². The quantitative estimate of drug-likeness (QED) is 0.672. The number of hydrogen-bond donors (Lipinski definition) is 1. The van der Waals surface area contributed by atoms with Crippen molar-refractivity contribution in [2.24, 2.45) is 0 Å². The van der Waals surface area contributed by atoms with Crippen molar-refractivity contribution in [1.82, 2.24) is 14.3 Å². The maximum Gasteiger partial charge on any atom is 0.275 e. The Bertz CT molecular complexity index is 1090. The molecule has 0 bridgehead atoms. The summed E-state index contributed by atoms with van der Waals surface area (Å²) >= 11 is 0. The van der Waals surface area contributed by atoms with Crippen LogP contribution in [0.15, 0.2) is 58.5 Å². The molecule has 1 aromatic carbocycles. The predicted molar refractivity (Wildman–Crippen MR) is 102 cm³/mol. The van der Waals surface area contributed by atoms with E-state index in [-0.39, 0.29) is 16.5 Å². The van der Waals surface area contributed by atoms with E-state index in [0.29, 0.717) is 5.69 Å². The first-order chi connectivity index (χ1) is 13.3. The lowest BCUT2D eigenvalue weighted by atomic mass is 10.1. The molecule has 0 unspecified atom stereocenters. The Morgan fingerprint density at radius 3 is 2.50 bits per heavy atom. The second-order valence-corrected chi connectivity index (χ2v) is 8.00. The summed E-state index contributed by atoms with van der Waals surface area (Å²) in [7, 11) is 0.570. The normalized spacial score (nSPS) is 11.4. The molecule has 0 fully saturated rings. The number of nitrogens with one attached hydrogen (secondary N) is 1. The molecule has 0 aliphatic carbocycles. The highest BCUT2D eigenvalue weighted by atomic mass is 32.2. The van der Waals surface area contributed by atoms with E-state index >= 15 is 0 Å². The highest BCUT2D eigenvalue weighted by Crippen LogP contribution is 2.22. The standard InChI is InChI=1S/C18H18N4O5S/c1-22(2)28(24,25)17-8-13(10-27-17)18(23)21-16-9-15(19-11-20-16)12-4-6-14(26-3)7-5-12/h4-11H,1-3H3,(H,19,20,21,23). The molecule has 0 aliphatic rings. The third-order valence-electron chi connectivity index (χ3n) is 3.87. The zero-order valence-corrected chi connectivity index (χ0v) is 16.2.